The van der Waals surface area contributed by atoms with Crippen molar-refractivity contribution in [2.45, 2.75) is 74.6 Å². The molecule has 1 saturated heterocycles. The van der Waals surface area contributed by atoms with E-state index in [0.717, 1.165) is 42.0 Å². The standard InChI is InChI=1S/C24H32N4O3S/c1-17-15-20(31-27-17)16-32-22-10-6-5-9-21(22)23(29)25-19-11-13-28(14-12-19)24(30)26-18-7-3-2-4-8-18/h5-6,9-10,15,18-19H,2-4,7-8,11-14,16H2,1H3,(H,25,29)(H,26,30). The number of hydrogen-bond donors (Lipinski definition) is 2. The second-order valence-corrected chi connectivity index (χ2v) is 9.76. The molecule has 2 aliphatic rings. The molecular weight excluding hydrogens is 424 g/mol. The van der Waals surface area contributed by atoms with Crippen molar-refractivity contribution >= 4 is 23.7 Å². The van der Waals surface area contributed by atoms with Gasteiger partial charge in [-0.3, -0.25) is 4.79 Å². The maximum atomic E-state index is 13.0. The summed E-state index contributed by atoms with van der Waals surface area (Å²) in [5.41, 5.74) is 1.52. The van der Waals surface area contributed by atoms with Crippen LogP contribution >= 0.6 is 11.8 Å². The maximum absolute atomic E-state index is 13.0. The summed E-state index contributed by atoms with van der Waals surface area (Å²) in [5.74, 6) is 1.35. The first-order valence-corrected chi connectivity index (χ1v) is 12.6. The van der Waals surface area contributed by atoms with Gasteiger partial charge in [0.25, 0.3) is 5.91 Å². The van der Waals surface area contributed by atoms with Crippen molar-refractivity contribution in [3.63, 3.8) is 0 Å². The smallest absolute Gasteiger partial charge is 0.317 e. The van der Waals surface area contributed by atoms with E-state index in [-0.39, 0.29) is 18.0 Å². The predicted molar refractivity (Wildman–Crippen MR) is 125 cm³/mol. The highest BCUT2D eigenvalue weighted by molar-refractivity contribution is 7.98. The van der Waals surface area contributed by atoms with Gasteiger partial charge >= 0.3 is 6.03 Å². The molecule has 3 amide bonds. The fourth-order valence-corrected chi connectivity index (χ4v) is 5.34. The van der Waals surface area contributed by atoms with E-state index in [1.54, 1.807) is 11.8 Å². The molecule has 2 aromatic rings. The number of hydrogen-bond acceptors (Lipinski definition) is 5. The second kappa shape index (κ2) is 10.9. The van der Waals surface area contributed by atoms with Crippen LogP contribution in [0.4, 0.5) is 4.79 Å². The Morgan fingerprint density at radius 1 is 1.06 bits per heavy atom. The zero-order valence-electron chi connectivity index (χ0n) is 18.6. The highest BCUT2D eigenvalue weighted by atomic mass is 32.2. The monoisotopic (exact) mass is 456 g/mol. The van der Waals surface area contributed by atoms with Crippen LogP contribution in [0.15, 0.2) is 39.8 Å². The molecule has 0 spiro atoms. The van der Waals surface area contributed by atoms with Gasteiger partial charge in [0, 0.05) is 36.1 Å². The summed E-state index contributed by atoms with van der Waals surface area (Å²) in [6.45, 7) is 3.24. The average molecular weight is 457 g/mol. The molecule has 0 unspecified atom stereocenters. The van der Waals surface area contributed by atoms with Gasteiger partial charge in [0.05, 0.1) is 17.0 Å². The Morgan fingerprint density at radius 2 is 1.78 bits per heavy atom. The quantitative estimate of drug-likeness (QED) is 0.625. The van der Waals surface area contributed by atoms with Crippen molar-refractivity contribution in [2.24, 2.45) is 0 Å². The third kappa shape index (κ3) is 6.06. The van der Waals surface area contributed by atoms with Crippen molar-refractivity contribution in [3.05, 3.63) is 47.3 Å². The summed E-state index contributed by atoms with van der Waals surface area (Å²) >= 11 is 1.57. The Labute approximate surface area is 193 Å². The van der Waals surface area contributed by atoms with Gasteiger partial charge in [-0.1, -0.05) is 36.6 Å². The number of thioether (sulfide) groups is 1. The number of benzene rings is 1. The molecule has 1 aliphatic carbocycles. The highest BCUT2D eigenvalue weighted by Crippen LogP contribution is 2.27. The van der Waals surface area contributed by atoms with Crippen molar-refractivity contribution in [1.29, 1.82) is 0 Å². The van der Waals surface area contributed by atoms with Crippen LogP contribution in [0.3, 0.4) is 0 Å². The zero-order chi connectivity index (χ0) is 22.3. The molecule has 1 saturated carbocycles. The Hall–Kier alpha value is -2.48. The molecule has 1 aliphatic heterocycles. The van der Waals surface area contributed by atoms with Crippen LogP contribution in [-0.2, 0) is 5.75 Å². The minimum atomic E-state index is -0.0630. The summed E-state index contributed by atoms with van der Waals surface area (Å²) < 4.78 is 5.28. The average Bonchev–Trinajstić information content (AvgIpc) is 3.24. The fourth-order valence-electron chi connectivity index (χ4n) is 4.42. The Kier molecular flexibility index (Phi) is 7.73. The molecule has 0 radical (unpaired) electrons. The van der Waals surface area contributed by atoms with Gasteiger partial charge in [0.1, 0.15) is 5.76 Å². The number of aryl methyl sites for hydroxylation is 1. The fraction of sp³-hybridized carbons (Fsp3) is 0.542. The summed E-state index contributed by atoms with van der Waals surface area (Å²) in [6, 6.07) is 10.0. The van der Waals surface area contributed by atoms with Gasteiger partial charge in [-0.2, -0.15) is 0 Å². The third-order valence-electron chi connectivity index (χ3n) is 6.23. The highest BCUT2D eigenvalue weighted by Gasteiger charge is 2.26. The number of likely N-dealkylation sites (tertiary alicyclic amines) is 1. The minimum Gasteiger partial charge on any atom is -0.360 e. The van der Waals surface area contributed by atoms with Crippen LogP contribution in [0.2, 0.25) is 0 Å². The SMILES string of the molecule is Cc1cc(CSc2ccccc2C(=O)NC2CCN(C(=O)NC3CCCCC3)CC2)on1. The first kappa shape index (κ1) is 22.7. The topological polar surface area (TPSA) is 87.5 Å². The lowest BCUT2D eigenvalue weighted by Gasteiger charge is -2.34. The summed E-state index contributed by atoms with van der Waals surface area (Å²) in [4.78, 5) is 28.3. The van der Waals surface area contributed by atoms with Gasteiger partial charge in [-0.15, -0.1) is 11.8 Å². The molecule has 7 nitrogen and oxygen atoms in total. The van der Waals surface area contributed by atoms with Crippen LogP contribution in [0, 0.1) is 6.92 Å². The van der Waals surface area contributed by atoms with E-state index in [2.05, 4.69) is 15.8 Å². The van der Waals surface area contributed by atoms with Gasteiger partial charge in [-0.05, 0) is 44.7 Å². The van der Waals surface area contributed by atoms with Gasteiger partial charge in [-0.25, -0.2) is 4.79 Å². The molecule has 0 bridgehead atoms. The first-order valence-electron chi connectivity index (χ1n) is 11.6. The lowest BCUT2D eigenvalue weighted by atomic mass is 9.95. The van der Waals surface area contributed by atoms with E-state index in [1.807, 2.05) is 42.2 Å². The molecule has 8 heteroatoms. The summed E-state index contributed by atoms with van der Waals surface area (Å²) in [5, 5.41) is 10.3. The van der Waals surface area contributed by atoms with Gasteiger partial charge < -0.3 is 20.1 Å². The van der Waals surface area contributed by atoms with Crippen LogP contribution in [-0.4, -0.2) is 47.2 Å². The normalized spacial score (nSPS) is 17.8. The predicted octanol–water partition coefficient (Wildman–Crippen LogP) is 4.51. The zero-order valence-corrected chi connectivity index (χ0v) is 19.5. The molecule has 1 aromatic carbocycles. The first-order chi connectivity index (χ1) is 15.6. The maximum Gasteiger partial charge on any atom is 0.317 e. The van der Waals surface area contributed by atoms with Crippen LogP contribution in [0.25, 0.3) is 0 Å². The number of amides is 3. The number of carbonyl (C=O) groups excluding carboxylic acids is 2. The van der Waals surface area contributed by atoms with E-state index in [1.165, 1.54) is 19.3 Å². The Balaban J connectivity index is 1.26. The number of aromatic nitrogens is 1. The van der Waals surface area contributed by atoms with Crippen LogP contribution in [0.5, 0.6) is 0 Å². The molecule has 2 fully saturated rings. The molecule has 2 heterocycles. The number of piperidine rings is 1. The van der Waals surface area contributed by atoms with Crippen molar-refractivity contribution in [3.8, 4) is 0 Å². The van der Waals surface area contributed by atoms with Crippen molar-refractivity contribution in [1.82, 2.24) is 20.7 Å². The molecule has 0 atom stereocenters. The third-order valence-corrected chi connectivity index (χ3v) is 7.32. The van der Waals surface area contributed by atoms with E-state index in [0.29, 0.717) is 30.4 Å². The van der Waals surface area contributed by atoms with Gasteiger partial charge in [0.15, 0.2) is 0 Å². The number of rotatable bonds is 6. The van der Waals surface area contributed by atoms with E-state index >= 15 is 0 Å². The Bertz CT molecular complexity index is 917. The summed E-state index contributed by atoms with van der Waals surface area (Å²) in [7, 11) is 0. The largest absolute Gasteiger partial charge is 0.360 e. The van der Waals surface area contributed by atoms with Crippen LogP contribution < -0.4 is 10.6 Å². The summed E-state index contributed by atoms with van der Waals surface area (Å²) in [6.07, 6.45) is 7.41. The Morgan fingerprint density at radius 3 is 2.50 bits per heavy atom. The molecule has 172 valence electrons. The van der Waals surface area contributed by atoms with Crippen LogP contribution in [0.1, 0.15) is 66.8 Å². The van der Waals surface area contributed by atoms with Crippen molar-refractivity contribution in [2.75, 3.05) is 13.1 Å². The van der Waals surface area contributed by atoms with Crippen molar-refractivity contribution < 1.29 is 14.1 Å². The van der Waals surface area contributed by atoms with E-state index in [9.17, 15) is 9.59 Å². The molecular formula is C24H32N4O3S. The minimum absolute atomic E-state index is 0.0473. The lowest BCUT2D eigenvalue weighted by Crippen LogP contribution is -2.51. The lowest BCUT2D eigenvalue weighted by molar-refractivity contribution is 0.0914. The molecule has 2 N–H and O–H groups in total. The van der Waals surface area contributed by atoms with E-state index in [4.69, 9.17) is 4.52 Å². The number of nitrogens with one attached hydrogen (secondary N) is 2. The molecule has 32 heavy (non-hydrogen) atoms. The molecule has 4 rings (SSSR count). The number of nitrogens with zero attached hydrogens (tertiary/aromatic N) is 2. The van der Waals surface area contributed by atoms with Gasteiger partial charge in [0.2, 0.25) is 0 Å². The van der Waals surface area contributed by atoms with E-state index < -0.39 is 0 Å². The molecule has 1 aromatic heterocycles. The number of urea groups is 1. The second-order valence-electron chi connectivity index (χ2n) is 8.74. The number of carbonyl (C=O) groups is 2.